The van der Waals surface area contributed by atoms with Gasteiger partial charge >= 0.3 is 0 Å². The van der Waals surface area contributed by atoms with Crippen LogP contribution in [0, 0.1) is 5.92 Å². The van der Waals surface area contributed by atoms with Gasteiger partial charge in [0.2, 0.25) is 5.91 Å². The van der Waals surface area contributed by atoms with Crippen molar-refractivity contribution in [1.29, 1.82) is 0 Å². The molecule has 0 spiro atoms. The maximum absolute atomic E-state index is 12.4. The van der Waals surface area contributed by atoms with Crippen LogP contribution in [0.5, 0.6) is 0 Å². The second-order valence-electron chi connectivity index (χ2n) is 9.04. The number of aromatic nitrogens is 2. The molecule has 0 aliphatic carbocycles. The van der Waals surface area contributed by atoms with E-state index in [-0.39, 0.29) is 16.9 Å². The lowest BCUT2D eigenvalue weighted by atomic mass is 9.92. The fourth-order valence-electron chi connectivity index (χ4n) is 3.86. The number of likely N-dealkylation sites (tertiary alicyclic amines) is 1. The van der Waals surface area contributed by atoms with E-state index in [1.807, 2.05) is 4.90 Å². The van der Waals surface area contributed by atoms with Crippen molar-refractivity contribution in [3.05, 3.63) is 28.4 Å². The van der Waals surface area contributed by atoms with Crippen molar-refractivity contribution in [2.24, 2.45) is 5.92 Å². The number of ether oxygens (including phenoxy) is 1. The third-order valence-corrected chi connectivity index (χ3v) is 5.81. The van der Waals surface area contributed by atoms with Crippen LogP contribution in [-0.4, -0.2) is 71.2 Å². The summed E-state index contributed by atoms with van der Waals surface area (Å²) in [6.07, 6.45) is 4.36. The highest BCUT2D eigenvalue weighted by atomic mass is 16.5. The zero-order valence-electron chi connectivity index (χ0n) is 17.5. The molecular formula is C21H34N4O3. The summed E-state index contributed by atoms with van der Waals surface area (Å²) >= 11 is 0. The molecule has 7 heteroatoms. The second-order valence-corrected chi connectivity index (χ2v) is 9.04. The van der Waals surface area contributed by atoms with Crippen LogP contribution >= 0.6 is 0 Å². The van der Waals surface area contributed by atoms with Crippen LogP contribution in [0.3, 0.4) is 0 Å². The summed E-state index contributed by atoms with van der Waals surface area (Å²) in [6.45, 7) is 12.6. The molecule has 0 radical (unpaired) electrons. The summed E-state index contributed by atoms with van der Waals surface area (Å²) in [5.74, 6) is 0.711. The Hall–Kier alpha value is -1.73. The van der Waals surface area contributed by atoms with Gasteiger partial charge in [-0.1, -0.05) is 20.8 Å². The van der Waals surface area contributed by atoms with Gasteiger partial charge in [0.05, 0.1) is 31.7 Å². The van der Waals surface area contributed by atoms with E-state index in [0.29, 0.717) is 32.1 Å². The van der Waals surface area contributed by atoms with E-state index < -0.39 is 0 Å². The van der Waals surface area contributed by atoms with Gasteiger partial charge in [-0.15, -0.1) is 0 Å². The molecule has 0 atom stereocenters. The minimum absolute atomic E-state index is 0.0456. The number of rotatable bonds is 5. The zero-order valence-corrected chi connectivity index (χ0v) is 17.5. The van der Waals surface area contributed by atoms with Gasteiger partial charge in [0, 0.05) is 37.7 Å². The van der Waals surface area contributed by atoms with Crippen LogP contribution in [0.1, 0.15) is 45.7 Å². The largest absolute Gasteiger partial charge is 0.379 e. The molecule has 156 valence electrons. The zero-order chi connectivity index (χ0) is 20.1. The average molecular weight is 391 g/mol. The van der Waals surface area contributed by atoms with Crippen LogP contribution in [0.25, 0.3) is 0 Å². The highest BCUT2D eigenvalue weighted by molar-refractivity contribution is 5.76. The van der Waals surface area contributed by atoms with Crippen molar-refractivity contribution in [1.82, 2.24) is 19.4 Å². The molecule has 2 fully saturated rings. The Balaban J connectivity index is 1.45. The Morgan fingerprint density at radius 1 is 1.11 bits per heavy atom. The van der Waals surface area contributed by atoms with Crippen LogP contribution in [0.15, 0.2) is 17.2 Å². The molecule has 2 aliphatic rings. The summed E-state index contributed by atoms with van der Waals surface area (Å²) in [6, 6.07) is 1.68. The number of hydrogen-bond acceptors (Lipinski definition) is 5. The minimum Gasteiger partial charge on any atom is -0.379 e. The van der Waals surface area contributed by atoms with Crippen LogP contribution in [-0.2, 0) is 21.5 Å². The Morgan fingerprint density at radius 2 is 1.86 bits per heavy atom. The van der Waals surface area contributed by atoms with E-state index in [4.69, 9.17) is 4.74 Å². The van der Waals surface area contributed by atoms with Gasteiger partial charge in [-0.2, -0.15) is 0 Å². The van der Waals surface area contributed by atoms with Gasteiger partial charge in [0.15, 0.2) is 0 Å². The van der Waals surface area contributed by atoms with Crippen molar-refractivity contribution >= 4 is 5.91 Å². The van der Waals surface area contributed by atoms with Crippen molar-refractivity contribution in [3.8, 4) is 0 Å². The van der Waals surface area contributed by atoms with E-state index in [1.54, 1.807) is 17.0 Å². The third kappa shape index (κ3) is 5.64. The molecule has 3 rings (SSSR count). The fourth-order valence-corrected chi connectivity index (χ4v) is 3.86. The van der Waals surface area contributed by atoms with Crippen LogP contribution < -0.4 is 5.56 Å². The SMILES string of the molecule is CC(C)(C)c1cc(=O)n(CC2CCN(CCN3CCOCCC3=O)CC2)cn1. The average Bonchev–Trinajstić information content (AvgIpc) is 2.86. The standard InChI is InChI=1S/C21H34N4O3/c1-21(2,3)18-14-20(27)25(16-22-18)15-17-4-7-23(8-5-17)9-10-24-11-13-28-12-6-19(24)26/h14,16-17H,4-13,15H2,1-3H3. The topological polar surface area (TPSA) is 67.7 Å². The lowest BCUT2D eigenvalue weighted by Gasteiger charge is -2.33. The van der Waals surface area contributed by atoms with E-state index in [2.05, 4.69) is 30.7 Å². The molecule has 1 amide bonds. The van der Waals surface area contributed by atoms with Crippen molar-refractivity contribution in [3.63, 3.8) is 0 Å². The maximum Gasteiger partial charge on any atom is 0.253 e. The van der Waals surface area contributed by atoms with E-state index in [1.165, 1.54) is 0 Å². The Kier molecular flexibility index (Phi) is 6.88. The first kappa shape index (κ1) is 21.0. The van der Waals surface area contributed by atoms with E-state index >= 15 is 0 Å². The van der Waals surface area contributed by atoms with E-state index in [0.717, 1.165) is 51.3 Å². The second kappa shape index (κ2) is 9.18. The number of carbonyl (C=O) groups excluding carboxylic acids is 1. The normalized spacial score (nSPS) is 20.4. The third-order valence-electron chi connectivity index (χ3n) is 5.81. The minimum atomic E-state index is -0.107. The number of carbonyl (C=O) groups is 1. The summed E-state index contributed by atoms with van der Waals surface area (Å²) in [4.78, 5) is 33.3. The Bertz CT molecular complexity index is 717. The van der Waals surface area contributed by atoms with Gasteiger partial charge in [-0.05, 0) is 31.8 Å². The maximum atomic E-state index is 12.4. The number of amides is 1. The first-order chi connectivity index (χ1) is 13.3. The quantitative estimate of drug-likeness (QED) is 0.762. The van der Waals surface area contributed by atoms with Gasteiger partial charge in [-0.25, -0.2) is 4.98 Å². The van der Waals surface area contributed by atoms with Gasteiger partial charge in [0.25, 0.3) is 5.56 Å². The first-order valence-electron chi connectivity index (χ1n) is 10.5. The molecule has 2 aliphatic heterocycles. The summed E-state index contributed by atoms with van der Waals surface area (Å²) in [7, 11) is 0. The highest BCUT2D eigenvalue weighted by Crippen LogP contribution is 2.20. The number of hydrogen-bond donors (Lipinski definition) is 0. The van der Waals surface area contributed by atoms with Gasteiger partial charge < -0.3 is 14.5 Å². The molecule has 28 heavy (non-hydrogen) atoms. The number of nitrogens with zero attached hydrogens (tertiary/aromatic N) is 4. The molecule has 0 aromatic carbocycles. The monoisotopic (exact) mass is 390 g/mol. The number of piperidine rings is 1. The summed E-state index contributed by atoms with van der Waals surface area (Å²) in [5.41, 5.74) is 0.783. The Labute approximate surface area is 167 Å². The molecule has 0 unspecified atom stereocenters. The highest BCUT2D eigenvalue weighted by Gasteiger charge is 2.23. The molecule has 1 aromatic rings. The summed E-state index contributed by atoms with van der Waals surface area (Å²) < 4.78 is 7.14. The fraction of sp³-hybridized carbons (Fsp3) is 0.762. The van der Waals surface area contributed by atoms with Gasteiger partial charge in [0.1, 0.15) is 0 Å². The molecule has 2 saturated heterocycles. The van der Waals surface area contributed by atoms with Gasteiger partial charge in [-0.3, -0.25) is 14.2 Å². The first-order valence-corrected chi connectivity index (χ1v) is 10.5. The van der Waals surface area contributed by atoms with Crippen molar-refractivity contribution in [2.75, 3.05) is 45.9 Å². The van der Waals surface area contributed by atoms with Crippen LogP contribution in [0.4, 0.5) is 0 Å². The predicted octanol–water partition coefficient (Wildman–Crippen LogP) is 1.50. The molecular weight excluding hydrogens is 356 g/mol. The Morgan fingerprint density at radius 3 is 2.54 bits per heavy atom. The molecule has 7 nitrogen and oxygen atoms in total. The molecule has 0 N–H and O–H groups in total. The van der Waals surface area contributed by atoms with E-state index in [9.17, 15) is 9.59 Å². The summed E-state index contributed by atoms with van der Waals surface area (Å²) in [5, 5.41) is 0. The smallest absolute Gasteiger partial charge is 0.253 e. The van der Waals surface area contributed by atoms with Crippen molar-refractivity contribution in [2.45, 2.75) is 52.0 Å². The molecule has 0 saturated carbocycles. The molecule has 1 aromatic heterocycles. The molecule has 0 bridgehead atoms. The molecule has 3 heterocycles. The predicted molar refractivity (Wildman–Crippen MR) is 108 cm³/mol. The van der Waals surface area contributed by atoms with Crippen molar-refractivity contribution < 1.29 is 9.53 Å². The lowest BCUT2D eigenvalue weighted by molar-refractivity contribution is -0.130. The van der Waals surface area contributed by atoms with Crippen LogP contribution in [0.2, 0.25) is 0 Å². The lowest BCUT2D eigenvalue weighted by Crippen LogP contribution is -2.42.